The summed E-state index contributed by atoms with van der Waals surface area (Å²) >= 11 is 0. The molecule has 0 aromatic heterocycles. The summed E-state index contributed by atoms with van der Waals surface area (Å²) in [6, 6.07) is 0. The Morgan fingerprint density at radius 3 is 2.91 bits per heavy atom. The van der Waals surface area contributed by atoms with Crippen LogP contribution in [0.1, 0.15) is 6.42 Å². The number of rotatable bonds is 6. The minimum Gasteiger partial charge on any atom is -0.478 e. The Morgan fingerprint density at radius 1 is 1.64 bits per heavy atom. The topological polar surface area (TPSA) is 49.3 Å². The molecule has 0 aromatic carbocycles. The second-order valence-corrected chi connectivity index (χ2v) is 2.02. The Bertz CT molecular complexity index is 152. The van der Waals surface area contributed by atoms with E-state index in [1.807, 2.05) is 6.08 Å². The summed E-state index contributed by atoms with van der Waals surface area (Å²) in [5, 5.41) is 11.2. The van der Waals surface area contributed by atoms with Gasteiger partial charge in [-0.1, -0.05) is 12.2 Å². The van der Waals surface area contributed by atoms with Gasteiger partial charge in [-0.3, -0.25) is 0 Å². The normalized spacial score (nSPS) is 10.2. The number of aliphatic carboxylic acids is 1. The van der Waals surface area contributed by atoms with Gasteiger partial charge in [0.2, 0.25) is 0 Å². The lowest BCUT2D eigenvalue weighted by atomic mass is 10.4. The van der Waals surface area contributed by atoms with Crippen LogP contribution in [0.25, 0.3) is 0 Å². The molecule has 0 radical (unpaired) electrons. The largest absolute Gasteiger partial charge is 0.478 e. The van der Waals surface area contributed by atoms with E-state index in [1.165, 1.54) is 0 Å². The molecule has 0 rings (SSSR count). The SMILES string of the molecule is C=CCCNC/C=C/C(=O)O. The van der Waals surface area contributed by atoms with Crippen molar-refractivity contribution in [1.29, 1.82) is 0 Å². The van der Waals surface area contributed by atoms with Crippen LogP contribution in [0.15, 0.2) is 24.8 Å². The van der Waals surface area contributed by atoms with E-state index in [9.17, 15) is 4.79 Å². The molecule has 0 fully saturated rings. The first-order chi connectivity index (χ1) is 5.27. The average Bonchev–Trinajstić information content (AvgIpc) is 1.96. The minimum absolute atomic E-state index is 0.597. The number of hydrogen-bond acceptors (Lipinski definition) is 2. The molecular weight excluding hydrogens is 142 g/mol. The lowest BCUT2D eigenvalue weighted by Crippen LogP contribution is -2.14. The van der Waals surface area contributed by atoms with Crippen LogP contribution in [-0.2, 0) is 4.79 Å². The molecule has 0 spiro atoms. The Kier molecular flexibility index (Phi) is 6.33. The quantitative estimate of drug-likeness (QED) is 0.339. The Morgan fingerprint density at radius 2 is 2.36 bits per heavy atom. The molecule has 2 N–H and O–H groups in total. The van der Waals surface area contributed by atoms with E-state index in [-0.39, 0.29) is 0 Å². The predicted octanol–water partition coefficient (Wildman–Crippen LogP) is 0.793. The zero-order valence-corrected chi connectivity index (χ0v) is 6.42. The molecule has 3 heteroatoms. The van der Waals surface area contributed by atoms with Crippen molar-refractivity contribution >= 4 is 5.97 Å². The van der Waals surface area contributed by atoms with Gasteiger partial charge in [0.05, 0.1) is 0 Å². The van der Waals surface area contributed by atoms with E-state index in [1.54, 1.807) is 6.08 Å². The van der Waals surface area contributed by atoms with Crippen LogP contribution in [0.2, 0.25) is 0 Å². The third kappa shape index (κ3) is 8.91. The van der Waals surface area contributed by atoms with Crippen LogP contribution in [0.3, 0.4) is 0 Å². The van der Waals surface area contributed by atoms with Crippen molar-refractivity contribution in [2.75, 3.05) is 13.1 Å². The van der Waals surface area contributed by atoms with E-state index in [4.69, 9.17) is 5.11 Å². The fourth-order valence-electron chi connectivity index (χ4n) is 0.549. The third-order valence-electron chi connectivity index (χ3n) is 1.05. The predicted molar refractivity (Wildman–Crippen MR) is 44.5 cm³/mol. The van der Waals surface area contributed by atoms with Crippen LogP contribution in [0.5, 0.6) is 0 Å². The fraction of sp³-hybridized carbons (Fsp3) is 0.375. The molecule has 0 amide bonds. The molecule has 3 nitrogen and oxygen atoms in total. The first-order valence-corrected chi connectivity index (χ1v) is 3.48. The van der Waals surface area contributed by atoms with Crippen molar-refractivity contribution < 1.29 is 9.90 Å². The maximum Gasteiger partial charge on any atom is 0.328 e. The molecule has 0 heterocycles. The van der Waals surface area contributed by atoms with Crippen molar-refractivity contribution in [1.82, 2.24) is 5.32 Å². The minimum atomic E-state index is -0.907. The maximum absolute atomic E-state index is 9.96. The molecule has 0 saturated heterocycles. The first-order valence-electron chi connectivity index (χ1n) is 3.48. The lowest BCUT2D eigenvalue weighted by molar-refractivity contribution is -0.131. The van der Waals surface area contributed by atoms with Crippen LogP contribution >= 0.6 is 0 Å². The molecule has 0 atom stereocenters. The number of carbonyl (C=O) groups is 1. The molecule has 0 saturated carbocycles. The van der Waals surface area contributed by atoms with Crippen molar-refractivity contribution in [2.24, 2.45) is 0 Å². The highest BCUT2D eigenvalue weighted by molar-refractivity contribution is 5.79. The summed E-state index contributed by atoms with van der Waals surface area (Å²) in [7, 11) is 0. The maximum atomic E-state index is 9.96. The zero-order valence-electron chi connectivity index (χ0n) is 6.42. The smallest absolute Gasteiger partial charge is 0.328 e. The summed E-state index contributed by atoms with van der Waals surface area (Å²) in [6.07, 6.45) is 5.42. The molecule has 0 aromatic rings. The molecule has 0 aliphatic carbocycles. The van der Waals surface area contributed by atoms with Crippen molar-refractivity contribution in [3.8, 4) is 0 Å². The molecule has 0 aliphatic heterocycles. The van der Waals surface area contributed by atoms with E-state index >= 15 is 0 Å². The van der Waals surface area contributed by atoms with Crippen molar-refractivity contribution in [3.05, 3.63) is 24.8 Å². The van der Waals surface area contributed by atoms with Crippen molar-refractivity contribution in [2.45, 2.75) is 6.42 Å². The van der Waals surface area contributed by atoms with Gasteiger partial charge in [-0.2, -0.15) is 0 Å². The molecule has 62 valence electrons. The summed E-state index contributed by atoms with van der Waals surface area (Å²) < 4.78 is 0. The van der Waals surface area contributed by atoms with Gasteiger partial charge in [-0.25, -0.2) is 4.79 Å². The number of nitrogens with one attached hydrogen (secondary N) is 1. The summed E-state index contributed by atoms with van der Waals surface area (Å²) in [5.41, 5.74) is 0. The highest BCUT2D eigenvalue weighted by Crippen LogP contribution is 1.75. The Labute approximate surface area is 66.4 Å². The molecule has 0 bridgehead atoms. The van der Waals surface area contributed by atoms with Gasteiger partial charge in [-0.15, -0.1) is 6.58 Å². The third-order valence-corrected chi connectivity index (χ3v) is 1.05. The van der Waals surface area contributed by atoms with Gasteiger partial charge >= 0.3 is 5.97 Å². The average molecular weight is 155 g/mol. The number of carboxylic acid groups (broad SMARTS) is 1. The van der Waals surface area contributed by atoms with Crippen molar-refractivity contribution in [3.63, 3.8) is 0 Å². The summed E-state index contributed by atoms with van der Waals surface area (Å²) in [5.74, 6) is -0.907. The van der Waals surface area contributed by atoms with Gasteiger partial charge < -0.3 is 10.4 Å². The zero-order chi connectivity index (χ0) is 8.53. The second kappa shape index (κ2) is 7.02. The van der Waals surface area contributed by atoms with Crippen LogP contribution < -0.4 is 5.32 Å². The summed E-state index contributed by atoms with van der Waals surface area (Å²) in [4.78, 5) is 9.96. The van der Waals surface area contributed by atoms with Gasteiger partial charge in [-0.05, 0) is 13.0 Å². The molecular formula is C8H13NO2. The van der Waals surface area contributed by atoms with Crippen LogP contribution in [0.4, 0.5) is 0 Å². The summed E-state index contributed by atoms with van der Waals surface area (Å²) in [6.45, 7) is 4.99. The first kappa shape index (κ1) is 9.91. The van der Waals surface area contributed by atoms with Gasteiger partial charge in [0, 0.05) is 12.6 Å². The highest BCUT2D eigenvalue weighted by atomic mass is 16.4. The van der Waals surface area contributed by atoms with Gasteiger partial charge in [0.15, 0.2) is 0 Å². The van der Waals surface area contributed by atoms with Gasteiger partial charge in [0.25, 0.3) is 0 Å². The molecule has 11 heavy (non-hydrogen) atoms. The second-order valence-electron chi connectivity index (χ2n) is 2.02. The standard InChI is InChI=1S/C8H13NO2/c1-2-3-6-9-7-4-5-8(10)11/h2,4-5,9H,1,3,6-7H2,(H,10,11)/b5-4+. The number of hydrogen-bond donors (Lipinski definition) is 2. The van der Waals surface area contributed by atoms with E-state index in [2.05, 4.69) is 11.9 Å². The van der Waals surface area contributed by atoms with E-state index in [0.717, 1.165) is 19.0 Å². The van der Waals surface area contributed by atoms with E-state index < -0.39 is 5.97 Å². The fourth-order valence-corrected chi connectivity index (χ4v) is 0.549. The monoisotopic (exact) mass is 155 g/mol. The van der Waals surface area contributed by atoms with E-state index in [0.29, 0.717) is 6.54 Å². The molecule has 0 aliphatic rings. The highest BCUT2D eigenvalue weighted by Gasteiger charge is 1.83. The molecule has 0 unspecified atom stereocenters. The van der Waals surface area contributed by atoms with Crippen LogP contribution in [-0.4, -0.2) is 24.2 Å². The number of carboxylic acids is 1. The Hall–Kier alpha value is -1.09. The Balaban J connectivity index is 3.13. The lowest BCUT2D eigenvalue weighted by Gasteiger charge is -1.95. The van der Waals surface area contributed by atoms with Crippen LogP contribution in [0, 0.1) is 0 Å². The van der Waals surface area contributed by atoms with Gasteiger partial charge in [0.1, 0.15) is 0 Å².